The Morgan fingerprint density at radius 1 is 0.400 bits per heavy atom. The average Bonchev–Trinajstić information content (AvgIpc) is 3.38. The van der Waals surface area contributed by atoms with Crippen molar-refractivity contribution in [1.82, 2.24) is 0 Å². The summed E-state index contributed by atoms with van der Waals surface area (Å²) >= 11 is 0. The van der Waals surface area contributed by atoms with Gasteiger partial charge in [-0.1, -0.05) is 147 Å². The Hall–Kier alpha value is -7.86. The van der Waals surface area contributed by atoms with Gasteiger partial charge in [0.15, 0.2) is 12.2 Å². The van der Waals surface area contributed by atoms with Crippen molar-refractivity contribution >= 4 is 87.8 Å². The number of hydrogen-bond acceptors (Lipinski definition) is 8. The third-order valence-electron chi connectivity index (χ3n) is 13.1. The van der Waals surface area contributed by atoms with Gasteiger partial charge in [-0.25, -0.2) is 0 Å². The maximum atomic E-state index is 13.9. The van der Waals surface area contributed by atoms with Crippen LogP contribution in [0.1, 0.15) is 0 Å². The lowest BCUT2D eigenvalue weighted by Gasteiger charge is -2.22. The minimum atomic E-state index is -1.14. The minimum Gasteiger partial charge on any atom is -0.493 e. The summed E-state index contributed by atoms with van der Waals surface area (Å²) in [4.78, 5) is 27.8. The zero-order chi connectivity index (χ0) is 47.6. The first-order valence-electron chi connectivity index (χ1n) is 23.6. The summed E-state index contributed by atoms with van der Waals surface area (Å²) in [5, 5.41) is 20.4. The number of carbonyl (C=O) groups is 2. The number of hydrogen-bond donors (Lipinski definition) is 2. The molecule has 2 unspecified atom stereocenters. The number of benzene rings is 10. The van der Waals surface area contributed by atoms with Crippen LogP contribution in [0.15, 0.2) is 182 Å². The molecular formula is C60H50N2O8. The number of ether oxygens (including phenoxy) is 6. The van der Waals surface area contributed by atoms with Crippen molar-refractivity contribution in [3.63, 3.8) is 0 Å². The van der Waals surface area contributed by atoms with Crippen LogP contribution in [0.2, 0.25) is 0 Å². The predicted molar refractivity (Wildman–Crippen MR) is 280 cm³/mol. The molecule has 0 spiro atoms. The average molecular weight is 927 g/mol. The first kappa shape index (κ1) is 44.6. The Morgan fingerprint density at radius 2 is 0.757 bits per heavy atom. The van der Waals surface area contributed by atoms with E-state index in [4.69, 9.17) is 28.4 Å². The molecule has 1 aliphatic rings. The standard InChI is InChI=1S/C60H50N2O8/c1-37-57(59(63)61-47-13-5-11-45(35-47)49-23-19-43-17-15-39-7-3-9-41-21-25-51(49)55(43)53(39)41)69-33-29-66-28-32-68-38(2)58(70-34-30-65-27-31-67-37)60(64)62-48-14-6-12-46(36-48)50-24-20-44-18-16-40-8-4-10-42-22-26-52(50)56(44)54(40)42/h3-26,35-36,57-58H,1-2,27-34H2,(H,61,63)(H,62,64). The van der Waals surface area contributed by atoms with E-state index in [1.54, 1.807) is 0 Å². The largest absolute Gasteiger partial charge is 0.493 e. The Balaban J connectivity index is 0.723. The Kier molecular flexibility index (Phi) is 12.5. The molecule has 10 aromatic rings. The Bertz CT molecular complexity index is 3320. The molecule has 1 heterocycles. The Labute approximate surface area is 404 Å². The normalized spacial score (nSPS) is 17.1. The van der Waals surface area contributed by atoms with Gasteiger partial charge in [0.05, 0.1) is 39.6 Å². The van der Waals surface area contributed by atoms with Crippen LogP contribution in [0.25, 0.3) is 86.9 Å². The van der Waals surface area contributed by atoms with Crippen molar-refractivity contribution in [3.05, 3.63) is 182 Å². The lowest BCUT2D eigenvalue weighted by Crippen LogP contribution is -2.35. The van der Waals surface area contributed by atoms with Gasteiger partial charge in [0, 0.05) is 11.4 Å². The fourth-order valence-corrected chi connectivity index (χ4v) is 9.82. The van der Waals surface area contributed by atoms with E-state index < -0.39 is 24.0 Å². The summed E-state index contributed by atoms with van der Waals surface area (Å²) in [6.45, 7) is 9.00. The quantitative estimate of drug-likeness (QED) is 0.159. The van der Waals surface area contributed by atoms with Crippen molar-refractivity contribution in [2.45, 2.75) is 12.2 Å². The summed E-state index contributed by atoms with van der Waals surface area (Å²) < 4.78 is 35.5. The monoisotopic (exact) mass is 926 g/mol. The summed E-state index contributed by atoms with van der Waals surface area (Å²) in [7, 11) is 0. The van der Waals surface area contributed by atoms with Gasteiger partial charge in [0.25, 0.3) is 11.8 Å². The number of nitrogens with one attached hydrogen (secondary N) is 2. The van der Waals surface area contributed by atoms with Crippen LogP contribution in [0.3, 0.4) is 0 Å². The number of anilines is 2. The fourth-order valence-electron chi connectivity index (χ4n) is 9.82. The van der Waals surface area contributed by atoms with Crippen LogP contribution in [-0.4, -0.2) is 76.9 Å². The molecular weight excluding hydrogens is 877 g/mol. The highest BCUT2D eigenvalue weighted by Gasteiger charge is 2.27. The van der Waals surface area contributed by atoms with Crippen LogP contribution in [0.4, 0.5) is 11.4 Å². The van der Waals surface area contributed by atoms with Gasteiger partial charge >= 0.3 is 0 Å². The van der Waals surface area contributed by atoms with E-state index in [9.17, 15) is 9.59 Å². The molecule has 0 bridgehead atoms. The predicted octanol–water partition coefficient (Wildman–Crippen LogP) is 12.3. The molecule has 2 N–H and O–H groups in total. The van der Waals surface area contributed by atoms with E-state index in [2.05, 4.69) is 133 Å². The molecule has 1 saturated heterocycles. The fraction of sp³-hybridized carbons (Fsp3) is 0.167. The molecule has 10 aromatic carbocycles. The van der Waals surface area contributed by atoms with E-state index in [0.717, 1.165) is 33.0 Å². The highest BCUT2D eigenvalue weighted by Crippen LogP contribution is 2.41. The number of rotatable bonds is 6. The van der Waals surface area contributed by atoms with Crippen molar-refractivity contribution in [2.75, 3.05) is 63.5 Å². The van der Waals surface area contributed by atoms with Crippen molar-refractivity contribution in [1.29, 1.82) is 0 Å². The van der Waals surface area contributed by atoms with Gasteiger partial charge < -0.3 is 39.1 Å². The Morgan fingerprint density at radius 3 is 1.19 bits per heavy atom. The van der Waals surface area contributed by atoms with Gasteiger partial charge in [-0.2, -0.15) is 0 Å². The van der Waals surface area contributed by atoms with E-state index in [1.807, 2.05) is 48.5 Å². The molecule has 1 aliphatic heterocycles. The van der Waals surface area contributed by atoms with E-state index in [0.29, 0.717) is 11.4 Å². The number of carbonyl (C=O) groups excluding carboxylic acids is 2. The molecule has 2 atom stereocenters. The highest BCUT2D eigenvalue weighted by molar-refractivity contribution is 6.26. The van der Waals surface area contributed by atoms with Gasteiger partial charge in [0.2, 0.25) is 0 Å². The van der Waals surface area contributed by atoms with E-state index in [-0.39, 0.29) is 64.4 Å². The smallest absolute Gasteiger partial charge is 0.261 e. The summed E-state index contributed by atoms with van der Waals surface area (Å²) in [5.74, 6) is -0.629. The van der Waals surface area contributed by atoms with Gasteiger partial charge in [-0.15, -0.1) is 0 Å². The molecule has 70 heavy (non-hydrogen) atoms. The maximum absolute atomic E-state index is 13.9. The van der Waals surface area contributed by atoms with Crippen LogP contribution < -0.4 is 10.6 Å². The van der Waals surface area contributed by atoms with Crippen molar-refractivity contribution in [2.24, 2.45) is 0 Å². The third-order valence-corrected chi connectivity index (χ3v) is 13.1. The molecule has 0 aliphatic carbocycles. The molecule has 10 heteroatoms. The lowest BCUT2D eigenvalue weighted by atomic mass is 9.90. The number of amides is 2. The van der Waals surface area contributed by atoms with Crippen LogP contribution in [-0.2, 0) is 38.0 Å². The van der Waals surface area contributed by atoms with Crippen molar-refractivity contribution in [3.8, 4) is 22.3 Å². The van der Waals surface area contributed by atoms with Gasteiger partial charge in [0.1, 0.15) is 24.7 Å². The molecule has 0 saturated carbocycles. The zero-order valence-corrected chi connectivity index (χ0v) is 38.5. The zero-order valence-electron chi connectivity index (χ0n) is 38.5. The van der Waals surface area contributed by atoms with Crippen LogP contribution >= 0.6 is 0 Å². The van der Waals surface area contributed by atoms with Crippen LogP contribution in [0, 0.1) is 0 Å². The first-order valence-corrected chi connectivity index (χ1v) is 23.6. The summed E-state index contributed by atoms with van der Waals surface area (Å²) in [6, 6.07) is 54.3. The molecule has 2 amide bonds. The highest BCUT2D eigenvalue weighted by atomic mass is 16.6. The minimum absolute atomic E-state index is 0.0580. The lowest BCUT2D eigenvalue weighted by molar-refractivity contribution is -0.131. The van der Waals surface area contributed by atoms with Crippen molar-refractivity contribution < 1.29 is 38.0 Å². The van der Waals surface area contributed by atoms with E-state index >= 15 is 0 Å². The SMILES string of the molecule is C=C1OCCOCCOC(C(=O)Nc2cccc(-c3ccc4ccc5cccc6ccc3c4c56)c2)C(=C)OCCOCCOC1C(=O)Nc1cccc(-c2ccc3ccc4cccc5ccc2c3c45)c1. The topological polar surface area (TPSA) is 114 Å². The summed E-state index contributed by atoms with van der Waals surface area (Å²) in [6.07, 6.45) is -2.28. The third kappa shape index (κ3) is 8.85. The van der Waals surface area contributed by atoms with E-state index in [1.165, 1.54) is 53.9 Å². The molecule has 11 rings (SSSR count). The maximum Gasteiger partial charge on any atom is 0.261 e. The van der Waals surface area contributed by atoms with Gasteiger partial charge in [-0.05, 0) is 111 Å². The second-order valence-corrected chi connectivity index (χ2v) is 17.4. The first-order chi connectivity index (χ1) is 34.4. The molecule has 10 nitrogen and oxygen atoms in total. The summed E-state index contributed by atoms with van der Waals surface area (Å²) in [5.41, 5.74) is 5.25. The van der Waals surface area contributed by atoms with Crippen LogP contribution in [0.5, 0.6) is 0 Å². The molecule has 1 fully saturated rings. The second-order valence-electron chi connectivity index (χ2n) is 17.4. The molecule has 0 aromatic heterocycles. The molecule has 348 valence electrons. The second kappa shape index (κ2) is 19.6. The molecule has 0 radical (unpaired) electrons. The van der Waals surface area contributed by atoms with Gasteiger partial charge in [-0.3, -0.25) is 9.59 Å².